The normalized spacial score (nSPS) is 11.0. The van der Waals surface area contributed by atoms with E-state index in [0.717, 1.165) is 18.6 Å². The van der Waals surface area contributed by atoms with Crippen molar-refractivity contribution in [1.82, 2.24) is 9.55 Å². The smallest absolute Gasteiger partial charge is 0.227 e. The molecule has 0 radical (unpaired) electrons. The lowest BCUT2D eigenvalue weighted by atomic mass is 10.1. The molecule has 1 aromatic carbocycles. The van der Waals surface area contributed by atoms with Crippen LogP contribution in [0.2, 0.25) is 0 Å². The number of aryl methyl sites for hydroxylation is 1. The van der Waals surface area contributed by atoms with Crippen molar-refractivity contribution in [2.75, 3.05) is 13.7 Å². The Balaban J connectivity index is 1.86. The van der Waals surface area contributed by atoms with Crippen molar-refractivity contribution in [3.05, 3.63) is 29.7 Å². The van der Waals surface area contributed by atoms with E-state index in [1.165, 1.54) is 57.8 Å². The first-order valence-electron chi connectivity index (χ1n) is 12.2. The Bertz CT molecular complexity index is 816. The highest BCUT2D eigenvalue weighted by atomic mass is 16.5. The molecule has 0 aliphatic heterocycles. The van der Waals surface area contributed by atoms with Crippen LogP contribution in [0.5, 0.6) is 17.4 Å². The number of ether oxygens (including phenoxy) is 2. The van der Waals surface area contributed by atoms with E-state index in [9.17, 15) is 9.90 Å². The minimum atomic E-state index is -0.166. The van der Waals surface area contributed by atoms with Gasteiger partial charge in [-0.2, -0.15) is 0 Å². The molecule has 1 aromatic heterocycles. The maximum Gasteiger partial charge on any atom is 0.227 e. The third kappa shape index (κ3) is 7.57. The summed E-state index contributed by atoms with van der Waals surface area (Å²) in [6.07, 6.45) is 15.0. The molecule has 6 heteroatoms. The number of hydrogen-bond acceptors (Lipinski definition) is 5. The Morgan fingerprint density at radius 2 is 1.62 bits per heavy atom. The molecule has 0 fully saturated rings. The fraction of sp³-hybridized carbons (Fsp3) is 0.615. The number of rotatable bonds is 17. The molecule has 0 aliphatic carbocycles. The number of benzene rings is 1. The Kier molecular flexibility index (Phi) is 11.7. The van der Waals surface area contributed by atoms with Gasteiger partial charge in [0.1, 0.15) is 17.3 Å². The molecule has 0 bridgehead atoms. The molecule has 1 N–H and O–H groups in total. The maximum absolute atomic E-state index is 11.2. The van der Waals surface area contributed by atoms with Gasteiger partial charge in [-0.05, 0) is 25.0 Å². The monoisotopic (exact) mass is 444 g/mol. The summed E-state index contributed by atoms with van der Waals surface area (Å²) in [5.41, 5.74) is 0.678. The average Bonchev–Trinajstić information content (AvgIpc) is 3.12. The molecule has 2 rings (SSSR count). The van der Waals surface area contributed by atoms with Gasteiger partial charge in [-0.25, -0.2) is 4.98 Å². The van der Waals surface area contributed by atoms with Crippen LogP contribution in [0.1, 0.15) is 101 Å². The first-order chi connectivity index (χ1) is 15.7. The van der Waals surface area contributed by atoms with Crippen LogP contribution in [0.25, 0.3) is 5.69 Å². The van der Waals surface area contributed by atoms with Crippen LogP contribution in [0.3, 0.4) is 0 Å². The Labute approximate surface area is 193 Å². The Morgan fingerprint density at radius 3 is 2.22 bits per heavy atom. The van der Waals surface area contributed by atoms with Crippen molar-refractivity contribution < 1.29 is 19.4 Å². The summed E-state index contributed by atoms with van der Waals surface area (Å²) in [7, 11) is 1.58. The molecule has 1 heterocycles. The zero-order chi connectivity index (χ0) is 23.2. The minimum Gasteiger partial charge on any atom is -0.494 e. The van der Waals surface area contributed by atoms with E-state index in [1.54, 1.807) is 11.7 Å². The largest absolute Gasteiger partial charge is 0.494 e. The zero-order valence-corrected chi connectivity index (χ0v) is 20.1. The number of nitrogens with zero attached hydrogens (tertiary/aromatic N) is 2. The molecule has 0 unspecified atom stereocenters. The second-order valence-electron chi connectivity index (χ2n) is 8.30. The molecule has 2 aromatic rings. The summed E-state index contributed by atoms with van der Waals surface area (Å²) in [6, 6.07) is 5.52. The molecule has 32 heavy (non-hydrogen) atoms. The lowest BCUT2D eigenvalue weighted by Crippen LogP contribution is -2.04. The lowest BCUT2D eigenvalue weighted by molar-refractivity contribution is 0.111. The highest BCUT2D eigenvalue weighted by molar-refractivity contribution is 5.76. The van der Waals surface area contributed by atoms with Gasteiger partial charge in [-0.1, -0.05) is 71.6 Å². The van der Waals surface area contributed by atoms with E-state index in [1.807, 2.05) is 25.1 Å². The molecule has 0 saturated heterocycles. The summed E-state index contributed by atoms with van der Waals surface area (Å²) in [6.45, 7) is 4.95. The van der Waals surface area contributed by atoms with Gasteiger partial charge in [0.05, 0.1) is 19.4 Å². The van der Waals surface area contributed by atoms with Gasteiger partial charge >= 0.3 is 0 Å². The first-order valence-corrected chi connectivity index (χ1v) is 12.2. The number of methoxy groups -OCH3 is 1. The standard InChI is InChI=1S/C26H40N2O4/c1-4-6-7-8-9-10-11-12-13-14-18-32-21-16-17-23(24(19-21)31-3)28-25(15-5-2)27-22(20-29)26(28)30/h16-17,19-20,30H,4-15,18H2,1-3H3. The van der Waals surface area contributed by atoms with Crippen molar-refractivity contribution in [3.63, 3.8) is 0 Å². The Hall–Kier alpha value is -2.50. The maximum atomic E-state index is 11.2. The average molecular weight is 445 g/mol. The molecule has 178 valence electrons. The van der Waals surface area contributed by atoms with Crippen LogP contribution >= 0.6 is 0 Å². The summed E-state index contributed by atoms with van der Waals surface area (Å²) in [4.78, 5) is 15.5. The predicted molar refractivity (Wildman–Crippen MR) is 129 cm³/mol. The SMILES string of the molecule is CCCCCCCCCCCCOc1ccc(-n2c(CCC)nc(C=O)c2O)c(OC)c1. The van der Waals surface area contributed by atoms with E-state index in [0.29, 0.717) is 36.6 Å². The topological polar surface area (TPSA) is 73.6 Å². The van der Waals surface area contributed by atoms with Crippen LogP contribution in [0, 0.1) is 0 Å². The summed E-state index contributed by atoms with van der Waals surface area (Å²) in [5.74, 6) is 1.76. The van der Waals surface area contributed by atoms with Crippen LogP contribution in [0.4, 0.5) is 0 Å². The fourth-order valence-corrected chi connectivity index (χ4v) is 3.91. The molecule has 0 aliphatic rings. The molecule has 0 atom stereocenters. The molecule has 6 nitrogen and oxygen atoms in total. The van der Waals surface area contributed by atoms with E-state index < -0.39 is 0 Å². The van der Waals surface area contributed by atoms with Gasteiger partial charge in [0, 0.05) is 12.5 Å². The van der Waals surface area contributed by atoms with Crippen molar-refractivity contribution in [2.24, 2.45) is 0 Å². The van der Waals surface area contributed by atoms with Crippen LogP contribution in [0.15, 0.2) is 18.2 Å². The van der Waals surface area contributed by atoms with Crippen LogP contribution < -0.4 is 9.47 Å². The van der Waals surface area contributed by atoms with Crippen molar-refractivity contribution in [1.29, 1.82) is 0 Å². The van der Waals surface area contributed by atoms with Gasteiger partial charge in [0.25, 0.3) is 0 Å². The van der Waals surface area contributed by atoms with Crippen molar-refractivity contribution >= 4 is 6.29 Å². The molecule has 0 amide bonds. The summed E-state index contributed by atoms with van der Waals surface area (Å²) < 4.78 is 13.1. The molecular formula is C26H40N2O4. The van der Waals surface area contributed by atoms with E-state index in [-0.39, 0.29) is 11.6 Å². The quantitative estimate of drug-likeness (QED) is 0.218. The van der Waals surface area contributed by atoms with Crippen molar-refractivity contribution in [3.8, 4) is 23.1 Å². The second kappa shape index (κ2) is 14.5. The van der Waals surface area contributed by atoms with Gasteiger partial charge in [0.2, 0.25) is 5.88 Å². The number of carbonyl (C=O) groups is 1. The third-order valence-corrected chi connectivity index (χ3v) is 5.69. The number of imidazole rings is 1. The van der Waals surface area contributed by atoms with E-state index in [2.05, 4.69) is 11.9 Å². The second-order valence-corrected chi connectivity index (χ2v) is 8.30. The van der Waals surface area contributed by atoms with Crippen molar-refractivity contribution in [2.45, 2.75) is 90.9 Å². The third-order valence-electron chi connectivity index (χ3n) is 5.69. The number of unbranched alkanes of at least 4 members (excludes halogenated alkanes) is 9. The number of aromatic hydroxyl groups is 1. The molecule has 0 saturated carbocycles. The predicted octanol–water partition coefficient (Wildman–Crippen LogP) is 6.65. The summed E-state index contributed by atoms with van der Waals surface area (Å²) >= 11 is 0. The highest BCUT2D eigenvalue weighted by Crippen LogP contribution is 2.33. The minimum absolute atomic E-state index is 0.0387. The van der Waals surface area contributed by atoms with E-state index >= 15 is 0 Å². The lowest BCUT2D eigenvalue weighted by Gasteiger charge is -2.15. The fourth-order valence-electron chi connectivity index (χ4n) is 3.91. The number of aromatic nitrogens is 2. The van der Waals surface area contributed by atoms with Gasteiger partial charge < -0.3 is 14.6 Å². The van der Waals surface area contributed by atoms with Crippen LogP contribution in [-0.2, 0) is 6.42 Å². The van der Waals surface area contributed by atoms with Gasteiger partial charge in [-0.3, -0.25) is 9.36 Å². The number of carbonyl (C=O) groups excluding carboxylic acids is 1. The number of aldehydes is 1. The number of hydrogen-bond donors (Lipinski definition) is 1. The summed E-state index contributed by atoms with van der Waals surface area (Å²) in [5, 5.41) is 10.5. The highest BCUT2D eigenvalue weighted by Gasteiger charge is 2.20. The zero-order valence-electron chi connectivity index (χ0n) is 20.1. The van der Waals surface area contributed by atoms with Crippen LogP contribution in [-0.4, -0.2) is 34.7 Å². The van der Waals surface area contributed by atoms with Gasteiger partial charge in [0.15, 0.2) is 12.0 Å². The Morgan fingerprint density at radius 1 is 0.969 bits per heavy atom. The first kappa shape index (κ1) is 25.8. The van der Waals surface area contributed by atoms with Gasteiger partial charge in [-0.15, -0.1) is 0 Å². The van der Waals surface area contributed by atoms with E-state index in [4.69, 9.17) is 9.47 Å². The molecular weight excluding hydrogens is 404 g/mol. The molecule has 0 spiro atoms.